The van der Waals surface area contributed by atoms with Crippen LogP contribution in [0.1, 0.15) is 57.6 Å². The van der Waals surface area contributed by atoms with Crippen molar-refractivity contribution >= 4 is 28.2 Å². The van der Waals surface area contributed by atoms with Crippen molar-refractivity contribution in [2.75, 3.05) is 11.1 Å². The molecule has 1 aromatic heterocycles. The number of nitrogen functional groups attached to an aromatic ring is 1. The largest absolute Gasteiger partial charge is 0.382 e. The number of anilines is 2. The van der Waals surface area contributed by atoms with Gasteiger partial charge in [0.25, 0.3) is 5.91 Å². The van der Waals surface area contributed by atoms with Crippen LogP contribution in [0.3, 0.4) is 0 Å². The van der Waals surface area contributed by atoms with Gasteiger partial charge in [-0.3, -0.25) is 4.79 Å². The minimum Gasteiger partial charge on any atom is -0.382 e. The van der Waals surface area contributed by atoms with Gasteiger partial charge >= 0.3 is 0 Å². The number of carbonyl (C=O) groups excluding carboxylic acids is 1. The van der Waals surface area contributed by atoms with E-state index in [1.165, 1.54) is 11.3 Å². The molecular weight excluding hydrogens is 272 g/mol. The molecule has 0 fully saturated rings. The van der Waals surface area contributed by atoms with Gasteiger partial charge in [0.05, 0.1) is 0 Å². The Balaban J connectivity index is 2.83. The third-order valence-electron chi connectivity index (χ3n) is 2.90. The fourth-order valence-electron chi connectivity index (χ4n) is 1.84. The van der Waals surface area contributed by atoms with Crippen LogP contribution in [0.15, 0.2) is 0 Å². The number of nitrogens with zero attached hydrogens (tertiary/aromatic N) is 1. The summed E-state index contributed by atoms with van der Waals surface area (Å²) in [5.74, 6) is 0.547. The van der Waals surface area contributed by atoms with Gasteiger partial charge < -0.3 is 16.4 Å². The minimum atomic E-state index is -0.137. The molecule has 5 nitrogen and oxygen atoms in total. The number of carbonyl (C=O) groups is 1. The molecule has 0 bridgehead atoms. The number of hydrogen-bond acceptors (Lipinski definition) is 5. The Kier molecular flexibility index (Phi) is 5.39. The van der Waals surface area contributed by atoms with Gasteiger partial charge in [0, 0.05) is 11.6 Å². The second kappa shape index (κ2) is 6.43. The van der Waals surface area contributed by atoms with Crippen LogP contribution in [0.5, 0.6) is 0 Å². The summed E-state index contributed by atoms with van der Waals surface area (Å²) in [5.41, 5.74) is 5.74. The standard InChI is InChI=1S/C14H26N4OS/c1-7-9(8(2)3)16-12(19)10-11(15)17-13(20-10)18-14(4,5)6/h8-9H,7,15H2,1-6H3,(H,16,19)(H,17,18). The van der Waals surface area contributed by atoms with Gasteiger partial charge in [0.2, 0.25) is 0 Å². The summed E-state index contributed by atoms with van der Waals surface area (Å²) in [6.07, 6.45) is 0.898. The van der Waals surface area contributed by atoms with Gasteiger partial charge in [-0.2, -0.15) is 0 Å². The van der Waals surface area contributed by atoms with Crippen molar-refractivity contribution in [3.8, 4) is 0 Å². The van der Waals surface area contributed by atoms with Crippen LogP contribution in [0.25, 0.3) is 0 Å². The fourth-order valence-corrected chi connectivity index (χ4v) is 2.84. The predicted molar refractivity (Wildman–Crippen MR) is 86.3 cm³/mol. The molecule has 0 aliphatic rings. The van der Waals surface area contributed by atoms with Gasteiger partial charge in [-0.15, -0.1) is 0 Å². The maximum absolute atomic E-state index is 12.3. The molecule has 0 saturated carbocycles. The zero-order chi connectivity index (χ0) is 15.5. The third-order valence-corrected chi connectivity index (χ3v) is 3.89. The Bertz CT molecular complexity index is 462. The first-order valence-electron chi connectivity index (χ1n) is 6.99. The zero-order valence-corrected chi connectivity index (χ0v) is 14.0. The van der Waals surface area contributed by atoms with Crippen molar-refractivity contribution in [1.82, 2.24) is 10.3 Å². The normalized spacial score (nSPS) is 13.3. The van der Waals surface area contributed by atoms with Crippen LogP contribution in [0.4, 0.5) is 10.9 Å². The molecule has 1 amide bonds. The Morgan fingerprint density at radius 1 is 1.40 bits per heavy atom. The zero-order valence-electron chi connectivity index (χ0n) is 13.2. The predicted octanol–water partition coefficient (Wildman–Crippen LogP) is 3.10. The monoisotopic (exact) mass is 298 g/mol. The Morgan fingerprint density at radius 3 is 2.45 bits per heavy atom. The minimum absolute atomic E-state index is 0.109. The van der Waals surface area contributed by atoms with E-state index in [0.717, 1.165) is 6.42 Å². The Morgan fingerprint density at radius 2 is 2.00 bits per heavy atom. The van der Waals surface area contributed by atoms with E-state index >= 15 is 0 Å². The number of aromatic nitrogens is 1. The lowest BCUT2D eigenvalue weighted by molar-refractivity contribution is 0.0929. The topological polar surface area (TPSA) is 80.0 Å². The van der Waals surface area contributed by atoms with E-state index in [9.17, 15) is 4.79 Å². The van der Waals surface area contributed by atoms with Crippen molar-refractivity contribution in [3.05, 3.63) is 4.88 Å². The molecule has 0 aliphatic heterocycles. The number of nitrogens with two attached hydrogens (primary N) is 1. The van der Waals surface area contributed by atoms with E-state index < -0.39 is 0 Å². The molecule has 6 heteroatoms. The second-order valence-corrected chi connectivity index (χ2v) is 7.34. The number of hydrogen-bond donors (Lipinski definition) is 3. The maximum Gasteiger partial charge on any atom is 0.265 e. The van der Waals surface area contributed by atoms with Crippen LogP contribution < -0.4 is 16.4 Å². The molecule has 4 N–H and O–H groups in total. The highest BCUT2D eigenvalue weighted by molar-refractivity contribution is 7.18. The quantitative estimate of drug-likeness (QED) is 0.780. The van der Waals surface area contributed by atoms with Gasteiger partial charge in [-0.05, 0) is 33.1 Å². The highest BCUT2D eigenvalue weighted by Crippen LogP contribution is 2.27. The van der Waals surface area contributed by atoms with E-state index in [4.69, 9.17) is 5.73 Å². The van der Waals surface area contributed by atoms with Crippen LogP contribution >= 0.6 is 11.3 Å². The SMILES string of the molecule is CCC(NC(=O)c1sc(NC(C)(C)C)nc1N)C(C)C. The Labute approximate surface area is 125 Å². The lowest BCUT2D eigenvalue weighted by Crippen LogP contribution is -2.37. The lowest BCUT2D eigenvalue weighted by Gasteiger charge is -2.20. The molecule has 114 valence electrons. The fraction of sp³-hybridized carbons (Fsp3) is 0.714. The average Bonchev–Trinajstić information content (AvgIpc) is 2.63. The summed E-state index contributed by atoms with van der Waals surface area (Å²) in [6, 6.07) is 0.156. The van der Waals surface area contributed by atoms with Gasteiger partial charge in [-0.1, -0.05) is 32.1 Å². The first-order chi connectivity index (χ1) is 9.14. The summed E-state index contributed by atoms with van der Waals surface area (Å²) in [7, 11) is 0. The molecule has 0 spiro atoms. The number of amides is 1. The molecule has 1 unspecified atom stereocenters. The smallest absolute Gasteiger partial charge is 0.265 e. The van der Waals surface area contributed by atoms with Crippen molar-refractivity contribution in [2.24, 2.45) is 5.92 Å². The van der Waals surface area contributed by atoms with Crippen LogP contribution in [-0.2, 0) is 0 Å². The lowest BCUT2D eigenvalue weighted by atomic mass is 10.0. The third kappa shape index (κ3) is 4.67. The van der Waals surface area contributed by atoms with E-state index in [1.54, 1.807) is 0 Å². The Hall–Kier alpha value is -1.30. The molecule has 1 atom stereocenters. The van der Waals surface area contributed by atoms with Crippen LogP contribution in [0.2, 0.25) is 0 Å². The highest BCUT2D eigenvalue weighted by atomic mass is 32.1. The van der Waals surface area contributed by atoms with Crippen molar-refractivity contribution in [1.29, 1.82) is 0 Å². The molecule has 0 saturated heterocycles. The summed E-state index contributed by atoms with van der Waals surface area (Å²) < 4.78 is 0. The molecule has 1 rings (SSSR count). The summed E-state index contributed by atoms with van der Waals surface area (Å²) in [4.78, 5) is 17.0. The van der Waals surface area contributed by atoms with Crippen LogP contribution in [-0.4, -0.2) is 22.5 Å². The van der Waals surface area contributed by atoms with Gasteiger partial charge in [-0.25, -0.2) is 4.98 Å². The van der Waals surface area contributed by atoms with E-state index in [1.807, 2.05) is 20.8 Å². The molecular formula is C14H26N4OS. The van der Waals surface area contributed by atoms with Crippen molar-refractivity contribution in [2.45, 2.75) is 59.5 Å². The number of thiazole rings is 1. The maximum atomic E-state index is 12.3. The molecule has 20 heavy (non-hydrogen) atoms. The molecule has 0 radical (unpaired) electrons. The first-order valence-corrected chi connectivity index (χ1v) is 7.81. The van der Waals surface area contributed by atoms with Gasteiger partial charge in [0.1, 0.15) is 10.7 Å². The van der Waals surface area contributed by atoms with Crippen molar-refractivity contribution < 1.29 is 4.79 Å². The second-order valence-electron chi connectivity index (χ2n) is 6.34. The van der Waals surface area contributed by atoms with Gasteiger partial charge in [0.15, 0.2) is 5.13 Å². The average molecular weight is 298 g/mol. The molecule has 0 aliphatic carbocycles. The van der Waals surface area contributed by atoms with Crippen LogP contribution in [0, 0.1) is 5.92 Å². The summed E-state index contributed by atoms with van der Waals surface area (Å²) >= 11 is 1.30. The number of rotatable bonds is 5. The highest BCUT2D eigenvalue weighted by Gasteiger charge is 2.21. The molecule has 0 aromatic carbocycles. The molecule has 1 heterocycles. The van der Waals surface area contributed by atoms with E-state index in [2.05, 4.69) is 36.4 Å². The van der Waals surface area contributed by atoms with Crippen molar-refractivity contribution in [3.63, 3.8) is 0 Å². The molecule has 1 aromatic rings. The van der Waals surface area contributed by atoms with E-state index in [0.29, 0.717) is 15.9 Å². The van der Waals surface area contributed by atoms with E-state index in [-0.39, 0.29) is 23.3 Å². The summed E-state index contributed by atoms with van der Waals surface area (Å²) in [5, 5.41) is 6.94. The number of nitrogens with one attached hydrogen (secondary N) is 2. The summed E-state index contributed by atoms with van der Waals surface area (Å²) in [6.45, 7) is 12.4. The first kappa shape index (κ1) is 16.8.